The standard InChI is InChI=1S/C26H12Br4N4/c27-22-12-21(24(28)26(30)25(22)29)20-10-19-9-17-4-3-15(32-17)7-13-1-2-14(31-13)8-16-5-6-18(33-16)11-23(20)34-19/h1-12H. The van der Waals surface area contributed by atoms with Crippen LogP contribution in [0.1, 0.15) is 5.56 Å². The van der Waals surface area contributed by atoms with Crippen molar-refractivity contribution >= 4 is 92.1 Å². The average Bonchev–Trinajstić information content (AvgIpc) is 3.60. The Morgan fingerprint density at radius 3 is 1.59 bits per heavy atom. The van der Waals surface area contributed by atoms with Gasteiger partial charge < -0.3 is 0 Å². The van der Waals surface area contributed by atoms with Gasteiger partial charge >= 0.3 is 0 Å². The first kappa shape index (κ1) is 22.2. The summed E-state index contributed by atoms with van der Waals surface area (Å²) in [5.74, 6) is 0. The Balaban J connectivity index is 1.53. The van der Waals surface area contributed by atoms with Crippen molar-refractivity contribution in [2.24, 2.45) is 20.0 Å². The molecule has 1 aromatic rings. The predicted molar refractivity (Wildman–Crippen MR) is 155 cm³/mol. The smallest absolute Gasteiger partial charge is 0.0737 e. The molecule has 0 atom stereocenters. The van der Waals surface area contributed by atoms with Crippen LogP contribution in [0.15, 0.2) is 134 Å². The van der Waals surface area contributed by atoms with Crippen molar-refractivity contribution in [1.82, 2.24) is 0 Å². The fourth-order valence-electron chi connectivity index (χ4n) is 3.88. The fraction of sp³-hybridized carbons (Fsp3) is 0. The van der Waals surface area contributed by atoms with E-state index in [-0.39, 0.29) is 0 Å². The number of benzene rings is 1. The zero-order valence-corrected chi connectivity index (χ0v) is 23.6. The molecule has 0 N–H and O–H groups in total. The lowest BCUT2D eigenvalue weighted by Crippen LogP contribution is -1.93. The predicted octanol–water partition coefficient (Wildman–Crippen LogP) is 8.16. The maximum absolute atomic E-state index is 4.93. The maximum Gasteiger partial charge on any atom is 0.0737 e. The van der Waals surface area contributed by atoms with Crippen molar-refractivity contribution in [3.63, 3.8) is 0 Å². The Bertz CT molecular complexity index is 1570. The number of nitrogens with zero attached hydrogens (tertiary/aromatic N) is 4. The van der Waals surface area contributed by atoms with Gasteiger partial charge in [-0.05, 0) is 137 Å². The van der Waals surface area contributed by atoms with Gasteiger partial charge in [0.25, 0.3) is 0 Å². The Hall–Kier alpha value is -2.26. The molecule has 164 valence electrons. The van der Waals surface area contributed by atoms with Gasteiger partial charge in [-0.2, -0.15) is 0 Å². The fourth-order valence-corrected chi connectivity index (χ4v) is 6.11. The molecular formula is C26H12Br4N4. The zero-order valence-electron chi connectivity index (χ0n) is 17.2. The SMILES string of the molecule is Brc1cc(C2=CC3=NC2=CC2=NC(=CC4=NC(=CC5=NC(=C3)C=C5)C=C4)C=C2)c(Br)c(Br)c1Br. The summed E-state index contributed by atoms with van der Waals surface area (Å²) in [5.41, 5.74) is 8.79. The highest BCUT2D eigenvalue weighted by molar-refractivity contribution is 9.15. The summed E-state index contributed by atoms with van der Waals surface area (Å²) in [4.78, 5) is 19.1. The molecule has 6 rings (SSSR count). The van der Waals surface area contributed by atoms with E-state index in [2.05, 4.69) is 80.9 Å². The van der Waals surface area contributed by atoms with E-state index in [1.54, 1.807) is 0 Å². The molecule has 1 aromatic carbocycles. The molecule has 5 heterocycles. The summed E-state index contributed by atoms with van der Waals surface area (Å²) in [6.45, 7) is 0. The largest absolute Gasteiger partial charge is 0.249 e. The van der Waals surface area contributed by atoms with E-state index in [1.165, 1.54) is 0 Å². The molecule has 0 radical (unpaired) electrons. The molecule has 0 fully saturated rings. The van der Waals surface area contributed by atoms with Crippen LogP contribution in [0.4, 0.5) is 0 Å². The second-order valence-electron chi connectivity index (χ2n) is 7.79. The third-order valence-corrected chi connectivity index (χ3v) is 10.1. The number of halogens is 4. The van der Waals surface area contributed by atoms with Crippen LogP contribution in [0.25, 0.3) is 5.57 Å². The van der Waals surface area contributed by atoms with E-state index in [4.69, 9.17) is 15.0 Å². The minimum Gasteiger partial charge on any atom is -0.249 e. The summed E-state index contributed by atoms with van der Waals surface area (Å²) in [6.07, 6.45) is 22.0. The molecule has 4 nitrogen and oxygen atoms in total. The number of allylic oxidation sites excluding steroid dienone is 12. The van der Waals surface area contributed by atoms with Crippen LogP contribution < -0.4 is 0 Å². The van der Waals surface area contributed by atoms with Crippen LogP contribution in [0.5, 0.6) is 0 Å². The molecular weight excluding hydrogens is 688 g/mol. The van der Waals surface area contributed by atoms with Gasteiger partial charge in [-0.3, -0.25) is 0 Å². The lowest BCUT2D eigenvalue weighted by Gasteiger charge is -2.12. The molecule has 0 aliphatic carbocycles. The van der Waals surface area contributed by atoms with Crippen LogP contribution in [0, 0.1) is 0 Å². The molecule has 0 saturated carbocycles. The van der Waals surface area contributed by atoms with Gasteiger partial charge in [0, 0.05) is 29.0 Å². The Labute approximate surface area is 229 Å². The van der Waals surface area contributed by atoms with E-state index in [0.717, 1.165) is 74.7 Å². The van der Waals surface area contributed by atoms with Gasteiger partial charge in [-0.15, -0.1) is 0 Å². The quantitative estimate of drug-likeness (QED) is 0.210. The Morgan fingerprint density at radius 2 is 1.00 bits per heavy atom. The normalized spacial score (nSPS) is 19.8. The van der Waals surface area contributed by atoms with Gasteiger partial charge in [0.1, 0.15) is 0 Å². The van der Waals surface area contributed by atoms with Crippen molar-refractivity contribution in [3.8, 4) is 0 Å². The van der Waals surface area contributed by atoms with Crippen LogP contribution in [0.3, 0.4) is 0 Å². The summed E-state index contributed by atoms with van der Waals surface area (Å²) >= 11 is 14.7. The molecule has 0 aromatic heterocycles. The molecule has 8 heteroatoms. The number of hydrogen-bond donors (Lipinski definition) is 0. The van der Waals surface area contributed by atoms with Gasteiger partial charge in [-0.25, -0.2) is 20.0 Å². The van der Waals surface area contributed by atoms with E-state index in [9.17, 15) is 0 Å². The minimum atomic E-state index is 0.826. The lowest BCUT2D eigenvalue weighted by atomic mass is 10.0. The van der Waals surface area contributed by atoms with E-state index < -0.39 is 0 Å². The van der Waals surface area contributed by atoms with Crippen molar-refractivity contribution in [3.05, 3.63) is 119 Å². The van der Waals surface area contributed by atoms with Crippen LogP contribution >= 0.6 is 63.7 Å². The minimum absolute atomic E-state index is 0.826. The van der Waals surface area contributed by atoms with E-state index in [1.807, 2.05) is 60.8 Å². The van der Waals surface area contributed by atoms with Gasteiger partial charge in [0.15, 0.2) is 0 Å². The van der Waals surface area contributed by atoms with Crippen molar-refractivity contribution in [2.45, 2.75) is 0 Å². The van der Waals surface area contributed by atoms with Gasteiger partial charge in [-0.1, -0.05) is 0 Å². The van der Waals surface area contributed by atoms with Crippen molar-refractivity contribution in [1.29, 1.82) is 0 Å². The first-order valence-corrected chi connectivity index (χ1v) is 13.4. The first-order chi connectivity index (χ1) is 16.4. The Morgan fingerprint density at radius 1 is 0.471 bits per heavy atom. The summed E-state index contributed by atoms with van der Waals surface area (Å²) in [6, 6.07) is 2.07. The maximum atomic E-state index is 4.93. The van der Waals surface area contributed by atoms with E-state index >= 15 is 0 Å². The summed E-state index contributed by atoms with van der Waals surface area (Å²) in [5, 5.41) is 0. The molecule has 5 aliphatic heterocycles. The second kappa shape index (κ2) is 8.75. The third kappa shape index (κ3) is 4.17. The molecule has 0 spiro atoms. The molecule has 0 amide bonds. The third-order valence-electron chi connectivity index (χ3n) is 5.43. The van der Waals surface area contributed by atoms with Crippen molar-refractivity contribution < 1.29 is 0 Å². The number of aliphatic imine (C=N–C) groups is 4. The van der Waals surface area contributed by atoms with Crippen molar-refractivity contribution in [2.75, 3.05) is 0 Å². The monoisotopic (exact) mass is 696 g/mol. The van der Waals surface area contributed by atoms with Gasteiger partial charge in [0.05, 0.1) is 45.6 Å². The molecule has 8 bridgehead atoms. The summed E-state index contributed by atoms with van der Waals surface area (Å²) < 4.78 is 3.75. The molecule has 5 aliphatic rings. The number of hydrogen-bond acceptors (Lipinski definition) is 4. The average molecular weight is 700 g/mol. The molecule has 0 saturated heterocycles. The second-order valence-corrected chi connectivity index (χ2v) is 11.0. The highest BCUT2D eigenvalue weighted by Gasteiger charge is 2.22. The van der Waals surface area contributed by atoms with Crippen LogP contribution in [-0.4, -0.2) is 22.8 Å². The highest BCUT2D eigenvalue weighted by atomic mass is 79.9. The molecule has 0 unspecified atom stereocenters. The number of fused-ring (bicyclic) bond motifs is 4. The molecule has 34 heavy (non-hydrogen) atoms. The number of rotatable bonds is 1. The highest BCUT2D eigenvalue weighted by Crippen LogP contribution is 2.44. The lowest BCUT2D eigenvalue weighted by molar-refractivity contribution is 1.39. The van der Waals surface area contributed by atoms with Crippen LogP contribution in [0.2, 0.25) is 0 Å². The summed E-state index contributed by atoms with van der Waals surface area (Å²) in [7, 11) is 0. The first-order valence-electron chi connectivity index (χ1n) is 10.2. The Kier molecular flexibility index (Phi) is 5.72. The topological polar surface area (TPSA) is 49.4 Å². The zero-order chi connectivity index (χ0) is 23.4. The van der Waals surface area contributed by atoms with Gasteiger partial charge in [0.2, 0.25) is 0 Å². The van der Waals surface area contributed by atoms with E-state index in [0.29, 0.717) is 0 Å². The van der Waals surface area contributed by atoms with Crippen LogP contribution in [-0.2, 0) is 0 Å².